The van der Waals surface area contributed by atoms with Gasteiger partial charge in [-0.2, -0.15) is 0 Å². The van der Waals surface area contributed by atoms with Crippen LogP contribution in [0, 0.1) is 0 Å². The summed E-state index contributed by atoms with van der Waals surface area (Å²) in [4.78, 5) is 0.330. The number of benzene rings is 2. The summed E-state index contributed by atoms with van der Waals surface area (Å²) in [6.45, 7) is 1.86. The van der Waals surface area contributed by atoms with Crippen molar-refractivity contribution < 1.29 is 8.42 Å². The fraction of sp³-hybridized carbons (Fsp3) is 0.250. The van der Waals surface area contributed by atoms with Crippen LogP contribution in [-0.2, 0) is 15.7 Å². The Morgan fingerprint density at radius 3 is 2.29 bits per heavy atom. The molecule has 112 valence electrons. The molecule has 0 aromatic heterocycles. The van der Waals surface area contributed by atoms with Gasteiger partial charge in [0.1, 0.15) is 0 Å². The normalized spacial score (nSPS) is 11.3. The fourth-order valence-corrected chi connectivity index (χ4v) is 3.85. The summed E-state index contributed by atoms with van der Waals surface area (Å²) in [7, 11) is -3.28. The molecule has 0 heterocycles. The number of alkyl halides is 1. The van der Waals surface area contributed by atoms with E-state index in [4.69, 9.17) is 11.6 Å². The first-order valence-corrected chi connectivity index (χ1v) is 9.00. The van der Waals surface area contributed by atoms with Crippen molar-refractivity contribution in [2.45, 2.75) is 24.1 Å². The third-order valence-electron chi connectivity index (χ3n) is 3.13. The number of hydrogen-bond donors (Lipinski definition) is 1. The van der Waals surface area contributed by atoms with Gasteiger partial charge in [-0.15, -0.1) is 11.6 Å². The monoisotopic (exact) mass is 323 g/mol. The highest BCUT2D eigenvalue weighted by molar-refractivity contribution is 7.91. The molecule has 0 aliphatic carbocycles. The predicted octanol–water partition coefficient (Wildman–Crippen LogP) is 4.35. The summed E-state index contributed by atoms with van der Waals surface area (Å²) in [6, 6.07) is 14.6. The van der Waals surface area contributed by atoms with Gasteiger partial charge in [0.15, 0.2) is 9.84 Å². The summed E-state index contributed by atoms with van der Waals surface area (Å²) in [5, 5.41) is 3.19. The molecule has 3 nitrogen and oxygen atoms in total. The molecule has 0 fully saturated rings. The molecule has 1 N–H and O–H groups in total. The molecule has 2 rings (SSSR count). The van der Waals surface area contributed by atoms with E-state index in [0.717, 1.165) is 11.3 Å². The Kier molecular flexibility index (Phi) is 5.26. The second-order valence-electron chi connectivity index (χ2n) is 4.73. The molecule has 5 heteroatoms. The minimum atomic E-state index is -3.28. The van der Waals surface area contributed by atoms with E-state index in [9.17, 15) is 8.42 Å². The minimum absolute atomic E-state index is 0.142. The number of halogens is 1. The molecule has 0 spiro atoms. The molecule has 0 unspecified atom stereocenters. The topological polar surface area (TPSA) is 46.2 Å². The molecule has 0 radical (unpaired) electrons. The van der Waals surface area contributed by atoms with Crippen LogP contribution in [0.2, 0.25) is 0 Å². The van der Waals surface area contributed by atoms with Crippen molar-refractivity contribution in [1.29, 1.82) is 0 Å². The van der Waals surface area contributed by atoms with E-state index in [1.165, 1.54) is 0 Å². The van der Waals surface area contributed by atoms with Crippen LogP contribution in [0.3, 0.4) is 0 Å². The average molecular weight is 324 g/mol. The molecule has 2 aromatic rings. The lowest BCUT2D eigenvalue weighted by atomic mass is 10.2. The van der Waals surface area contributed by atoms with Crippen molar-refractivity contribution in [3.8, 4) is 0 Å². The van der Waals surface area contributed by atoms with Crippen LogP contribution in [0.25, 0.3) is 0 Å². The van der Waals surface area contributed by atoms with Crippen molar-refractivity contribution in [3.63, 3.8) is 0 Å². The number of nitrogens with one attached hydrogen (secondary N) is 1. The third-order valence-corrected chi connectivity index (χ3v) is 5.39. The van der Waals surface area contributed by atoms with E-state index >= 15 is 0 Å². The summed E-state index contributed by atoms with van der Waals surface area (Å²) in [6.07, 6.45) is 0.592. The second kappa shape index (κ2) is 6.96. The maximum absolute atomic E-state index is 12.3. The highest BCUT2D eigenvalue weighted by atomic mass is 35.5. The van der Waals surface area contributed by atoms with Gasteiger partial charge < -0.3 is 5.32 Å². The van der Waals surface area contributed by atoms with Crippen LogP contribution in [-0.4, -0.2) is 14.2 Å². The van der Waals surface area contributed by atoms with Crippen LogP contribution >= 0.6 is 11.6 Å². The number of rotatable bonds is 6. The van der Waals surface area contributed by atoms with E-state index in [0.29, 0.717) is 22.9 Å². The molecular weight excluding hydrogens is 306 g/mol. The van der Waals surface area contributed by atoms with Crippen LogP contribution in [0.4, 0.5) is 11.4 Å². The second-order valence-corrected chi connectivity index (χ2v) is 7.08. The van der Waals surface area contributed by atoms with Crippen molar-refractivity contribution in [1.82, 2.24) is 0 Å². The number of sulfone groups is 1. The maximum Gasteiger partial charge on any atom is 0.180 e. The van der Waals surface area contributed by atoms with Crippen molar-refractivity contribution >= 4 is 32.8 Å². The Labute approximate surface area is 130 Å². The van der Waals surface area contributed by atoms with Gasteiger partial charge in [0, 0.05) is 11.6 Å². The van der Waals surface area contributed by atoms with Crippen LogP contribution in [0.1, 0.15) is 18.9 Å². The van der Waals surface area contributed by atoms with Crippen LogP contribution in [0.5, 0.6) is 0 Å². The standard InChI is InChI=1S/C16H18ClNO2S/c1-2-11-21(19,20)16-10-6-5-9-15(16)18-14-8-4-3-7-13(14)12-17/h3-10,18H,2,11-12H2,1H3. The highest BCUT2D eigenvalue weighted by Gasteiger charge is 2.17. The van der Waals surface area contributed by atoms with Crippen LogP contribution < -0.4 is 5.32 Å². The minimum Gasteiger partial charge on any atom is -0.354 e. The number of anilines is 2. The quantitative estimate of drug-likeness (QED) is 0.804. The Morgan fingerprint density at radius 2 is 1.62 bits per heavy atom. The average Bonchev–Trinajstić information content (AvgIpc) is 2.48. The van der Waals surface area contributed by atoms with Gasteiger partial charge in [-0.05, 0) is 30.2 Å². The van der Waals surface area contributed by atoms with Crippen molar-refractivity contribution in [2.75, 3.05) is 11.1 Å². The Balaban J connectivity index is 2.42. The fourth-order valence-electron chi connectivity index (χ4n) is 2.12. The Hall–Kier alpha value is -1.52. The summed E-state index contributed by atoms with van der Waals surface area (Å²) in [5.41, 5.74) is 2.34. The van der Waals surface area contributed by atoms with Crippen molar-refractivity contribution in [2.24, 2.45) is 0 Å². The smallest absolute Gasteiger partial charge is 0.180 e. The Bertz CT molecular complexity index is 714. The van der Waals surface area contributed by atoms with E-state index in [1.807, 2.05) is 37.3 Å². The van der Waals surface area contributed by atoms with Gasteiger partial charge in [-0.25, -0.2) is 8.42 Å². The van der Waals surface area contributed by atoms with Gasteiger partial charge in [-0.1, -0.05) is 37.3 Å². The lowest BCUT2D eigenvalue weighted by Crippen LogP contribution is -2.09. The zero-order chi connectivity index (χ0) is 15.3. The van der Waals surface area contributed by atoms with Gasteiger partial charge in [-0.3, -0.25) is 0 Å². The van der Waals surface area contributed by atoms with Gasteiger partial charge in [0.05, 0.1) is 16.3 Å². The number of hydrogen-bond acceptors (Lipinski definition) is 3. The van der Waals surface area contributed by atoms with Crippen LogP contribution in [0.15, 0.2) is 53.4 Å². The van der Waals surface area contributed by atoms with E-state index in [1.54, 1.807) is 18.2 Å². The van der Waals surface area contributed by atoms with E-state index in [-0.39, 0.29) is 5.75 Å². The first kappa shape index (κ1) is 15.9. The highest BCUT2D eigenvalue weighted by Crippen LogP contribution is 2.28. The molecule has 0 amide bonds. The van der Waals surface area contributed by atoms with E-state index in [2.05, 4.69) is 5.32 Å². The molecule has 0 atom stereocenters. The lowest BCUT2D eigenvalue weighted by molar-refractivity contribution is 0.595. The molecule has 0 saturated heterocycles. The first-order chi connectivity index (χ1) is 10.1. The SMILES string of the molecule is CCCS(=O)(=O)c1ccccc1Nc1ccccc1CCl. The molecule has 0 saturated carbocycles. The summed E-state index contributed by atoms with van der Waals surface area (Å²) >= 11 is 5.92. The van der Waals surface area contributed by atoms with Crippen molar-refractivity contribution in [3.05, 3.63) is 54.1 Å². The molecule has 0 aliphatic rings. The summed E-state index contributed by atoms with van der Waals surface area (Å²) < 4.78 is 24.7. The van der Waals surface area contributed by atoms with Gasteiger partial charge in [0.25, 0.3) is 0 Å². The Morgan fingerprint density at radius 1 is 1.00 bits per heavy atom. The molecule has 0 aliphatic heterocycles. The first-order valence-electron chi connectivity index (χ1n) is 6.81. The zero-order valence-corrected chi connectivity index (χ0v) is 13.4. The molecule has 2 aromatic carbocycles. The lowest BCUT2D eigenvalue weighted by Gasteiger charge is -2.14. The largest absolute Gasteiger partial charge is 0.354 e. The molecular formula is C16H18ClNO2S. The van der Waals surface area contributed by atoms with Gasteiger partial charge in [0.2, 0.25) is 0 Å². The molecule has 21 heavy (non-hydrogen) atoms. The van der Waals surface area contributed by atoms with E-state index < -0.39 is 9.84 Å². The van der Waals surface area contributed by atoms with Gasteiger partial charge >= 0.3 is 0 Å². The predicted molar refractivity (Wildman–Crippen MR) is 88.1 cm³/mol. The maximum atomic E-state index is 12.3. The number of para-hydroxylation sites is 2. The molecule has 0 bridgehead atoms. The summed E-state index contributed by atoms with van der Waals surface area (Å²) in [5.74, 6) is 0.510. The zero-order valence-electron chi connectivity index (χ0n) is 11.8. The third kappa shape index (κ3) is 3.77.